The summed E-state index contributed by atoms with van der Waals surface area (Å²) in [6, 6.07) is 17.3. The molecule has 12 heteroatoms. The van der Waals surface area contributed by atoms with E-state index in [0.717, 1.165) is 24.8 Å². The summed E-state index contributed by atoms with van der Waals surface area (Å²) in [5, 5.41) is 12.7. The van der Waals surface area contributed by atoms with E-state index in [-0.39, 0.29) is 36.4 Å². The van der Waals surface area contributed by atoms with Gasteiger partial charge in [0.1, 0.15) is 6.04 Å². The molecule has 2 aliphatic rings. The molecule has 2 atom stereocenters. The van der Waals surface area contributed by atoms with Gasteiger partial charge < -0.3 is 31.5 Å². The number of primary amides is 1. The lowest BCUT2D eigenvalue weighted by molar-refractivity contribution is -0.169. The molecule has 9 nitrogen and oxygen atoms in total. The van der Waals surface area contributed by atoms with Crippen LogP contribution in [0.25, 0.3) is 0 Å². The molecule has 2 aromatic rings. The summed E-state index contributed by atoms with van der Waals surface area (Å²) in [5.74, 6) is -2.63. The maximum Gasteiger partial charge on any atom is 0.470 e. The van der Waals surface area contributed by atoms with Gasteiger partial charge in [-0.1, -0.05) is 54.6 Å². The zero-order valence-corrected chi connectivity index (χ0v) is 23.8. The number of fused-ring (bicyclic) bond motifs is 2. The lowest BCUT2D eigenvalue weighted by atomic mass is 9.73. The van der Waals surface area contributed by atoms with E-state index in [4.69, 9.17) is 15.3 Å². The fourth-order valence-corrected chi connectivity index (χ4v) is 5.43. The van der Waals surface area contributed by atoms with E-state index in [2.05, 4.69) is 29.2 Å². The van der Waals surface area contributed by atoms with Crippen LogP contribution in [0, 0.1) is 0 Å². The number of benzene rings is 2. The number of aliphatic hydroxyl groups is 1. The largest absolute Gasteiger partial charge is 0.470 e. The van der Waals surface area contributed by atoms with Crippen LogP contribution in [0.4, 0.5) is 13.2 Å². The predicted octanol–water partition coefficient (Wildman–Crippen LogP) is 2.50. The fraction of sp³-hybridized carbons (Fsp3) is 0.500. The molecule has 1 saturated heterocycles. The highest BCUT2D eigenvalue weighted by Crippen LogP contribution is 2.51. The van der Waals surface area contributed by atoms with Gasteiger partial charge in [0, 0.05) is 25.6 Å². The van der Waals surface area contributed by atoms with Gasteiger partial charge in [0.2, 0.25) is 11.8 Å². The first-order chi connectivity index (χ1) is 19.7. The number of nitrogens with one attached hydrogen (secondary N) is 1. The van der Waals surface area contributed by atoms with E-state index in [9.17, 15) is 27.9 Å². The van der Waals surface area contributed by atoms with Crippen molar-refractivity contribution in [3.8, 4) is 0 Å². The van der Waals surface area contributed by atoms with E-state index >= 15 is 0 Å². The van der Waals surface area contributed by atoms with Gasteiger partial charge in [-0.15, -0.1) is 0 Å². The topological polar surface area (TPSA) is 148 Å². The number of halogens is 3. The number of hydrogen-bond acceptors (Lipinski definition) is 6. The molecule has 1 aliphatic heterocycles. The number of likely N-dealkylation sites (tertiary alicyclic amines) is 1. The highest BCUT2D eigenvalue weighted by Gasteiger charge is 2.46. The normalized spacial score (nSPS) is 18.5. The van der Waals surface area contributed by atoms with Crippen molar-refractivity contribution in [1.82, 2.24) is 10.2 Å². The molecule has 1 unspecified atom stereocenters. The van der Waals surface area contributed by atoms with Crippen LogP contribution in [-0.2, 0) is 31.1 Å². The van der Waals surface area contributed by atoms with Crippen LogP contribution in [0.2, 0.25) is 0 Å². The Morgan fingerprint density at radius 1 is 1.07 bits per heavy atom. The van der Waals surface area contributed by atoms with E-state index in [1.54, 1.807) is 13.8 Å². The number of aliphatic hydroxyl groups excluding tert-OH is 1. The SMILES string of the molecule is CC(C)(N)C(=O)N[C@H](COCc1ccccc1)C(=O)N1CCC2(CC1)CC(CO)c1ccccc12.NC(=O)C(F)(F)F. The maximum absolute atomic E-state index is 13.5. The van der Waals surface area contributed by atoms with Gasteiger partial charge in [-0.05, 0) is 55.2 Å². The van der Waals surface area contributed by atoms with E-state index in [0.29, 0.717) is 19.7 Å². The maximum atomic E-state index is 13.5. The molecule has 230 valence electrons. The fourth-order valence-electron chi connectivity index (χ4n) is 5.43. The van der Waals surface area contributed by atoms with Gasteiger partial charge in [-0.3, -0.25) is 14.4 Å². The van der Waals surface area contributed by atoms with Crippen molar-refractivity contribution in [1.29, 1.82) is 0 Å². The second-order valence-electron chi connectivity index (χ2n) is 11.4. The van der Waals surface area contributed by atoms with Crippen LogP contribution in [0.1, 0.15) is 55.7 Å². The molecule has 2 aromatic carbocycles. The van der Waals surface area contributed by atoms with Crippen molar-refractivity contribution < 1.29 is 37.4 Å². The third kappa shape index (κ3) is 8.30. The third-order valence-corrected chi connectivity index (χ3v) is 7.73. The summed E-state index contributed by atoms with van der Waals surface area (Å²) in [7, 11) is 0. The van der Waals surface area contributed by atoms with E-state index in [1.165, 1.54) is 11.1 Å². The lowest BCUT2D eigenvalue weighted by Gasteiger charge is -2.41. The number of amides is 3. The number of nitrogens with two attached hydrogens (primary N) is 2. The molecule has 0 bridgehead atoms. The Bertz CT molecular complexity index is 1230. The number of rotatable bonds is 8. The molecule has 4 rings (SSSR count). The lowest BCUT2D eigenvalue weighted by Crippen LogP contribution is -2.59. The first-order valence-corrected chi connectivity index (χ1v) is 13.7. The Hall–Kier alpha value is -3.48. The number of nitrogens with zero attached hydrogens (tertiary/aromatic N) is 1. The zero-order chi connectivity index (χ0) is 31.1. The summed E-state index contributed by atoms with van der Waals surface area (Å²) in [4.78, 5) is 37.1. The summed E-state index contributed by atoms with van der Waals surface area (Å²) in [5.41, 5.74) is 12.2. The molecule has 0 aromatic heterocycles. The molecule has 1 aliphatic carbocycles. The highest BCUT2D eigenvalue weighted by molar-refractivity contribution is 5.91. The van der Waals surface area contributed by atoms with Crippen LogP contribution in [0.5, 0.6) is 0 Å². The summed E-state index contributed by atoms with van der Waals surface area (Å²) < 4.78 is 38.0. The van der Waals surface area contributed by atoms with Gasteiger partial charge in [-0.25, -0.2) is 0 Å². The van der Waals surface area contributed by atoms with Crippen molar-refractivity contribution in [3.63, 3.8) is 0 Å². The minimum Gasteiger partial charge on any atom is -0.396 e. The van der Waals surface area contributed by atoms with Crippen molar-refractivity contribution in [2.45, 2.75) is 68.8 Å². The number of piperidine rings is 1. The first-order valence-electron chi connectivity index (χ1n) is 13.7. The predicted molar refractivity (Wildman–Crippen MR) is 150 cm³/mol. The third-order valence-electron chi connectivity index (χ3n) is 7.73. The van der Waals surface area contributed by atoms with Crippen LogP contribution >= 0.6 is 0 Å². The Morgan fingerprint density at radius 3 is 2.19 bits per heavy atom. The monoisotopic (exact) mass is 592 g/mol. The highest BCUT2D eigenvalue weighted by atomic mass is 19.4. The minimum atomic E-state index is -4.86. The molecule has 0 radical (unpaired) electrons. The van der Waals surface area contributed by atoms with Crippen molar-refractivity contribution >= 4 is 17.7 Å². The molecule has 6 N–H and O–H groups in total. The molecule has 1 heterocycles. The van der Waals surface area contributed by atoms with Gasteiger partial charge in [-0.2, -0.15) is 13.2 Å². The number of carbonyl (C=O) groups excluding carboxylic acids is 3. The number of alkyl halides is 3. The molecular weight excluding hydrogens is 553 g/mol. The number of carbonyl (C=O) groups is 3. The molecule has 1 spiro atoms. The Kier molecular flexibility index (Phi) is 10.7. The molecule has 3 amide bonds. The van der Waals surface area contributed by atoms with Crippen LogP contribution in [0.3, 0.4) is 0 Å². The molecule has 42 heavy (non-hydrogen) atoms. The van der Waals surface area contributed by atoms with Crippen molar-refractivity contribution in [2.75, 3.05) is 26.3 Å². The Labute approximate surface area is 243 Å². The van der Waals surface area contributed by atoms with Gasteiger partial charge in [0.05, 0.1) is 18.8 Å². The quantitative estimate of drug-likeness (QED) is 0.370. The first kappa shape index (κ1) is 33.0. The number of hydrogen-bond donors (Lipinski definition) is 4. The van der Waals surface area contributed by atoms with Gasteiger partial charge in [0.15, 0.2) is 0 Å². The average molecular weight is 593 g/mol. The van der Waals surface area contributed by atoms with Gasteiger partial charge in [0.25, 0.3) is 0 Å². The van der Waals surface area contributed by atoms with Crippen molar-refractivity contribution in [2.24, 2.45) is 11.5 Å². The minimum absolute atomic E-state index is 0.0113. The second-order valence-corrected chi connectivity index (χ2v) is 11.4. The molecule has 1 fully saturated rings. The molecule has 0 saturated carbocycles. The van der Waals surface area contributed by atoms with Crippen LogP contribution in [0.15, 0.2) is 54.6 Å². The zero-order valence-electron chi connectivity index (χ0n) is 23.8. The van der Waals surface area contributed by atoms with Crippen LogP contribution < -0.4 is 16.8 Å². The van der Waals surface area contributed by atoms with Crippen molar-refractivity contribution in [3.05, 3.63) is 71.3 Å². The Balaban J connectivity index is 0.000000616. The summed E-state index contributed by atoms with van der Waals surface area (Å²) in [6.07, 6.45) is -2.28. The standard InChI is InChI=1S/C28H37N3O4.C2H2F3NO/c1-27(2,29)26(34)30-24(19-35-18-20-8-4-3-5-9-20)25(33)31-14-12-28(13-15-31)16-21(17-32)22-10-6-7-11-23(22)28;3-2(4,5)1(6)7/h3-11,21,24,32H,12-19,29H2,1-2H3,(H,30,34);(H2,6,7)/t21?,24-;/m1./s1. The van der Waals surface area contributed by atoms with E-state index < -0.39 is 23.7 Å². The average Bonchev–Trinajstić information content (AvgIpc) is 3.25. The smallest absolute Gasteiger partial charge is 0.396 e. The van der Waals surface area contributed by atoms with Gasteiger partial charge >= 0.3 is 12.1 Å². The summed E-state index contributed by atoms with van der Waals surface area (Å²) >= 11 is 0. The van der Waals surface area contributed by atoms with E-state index in [1.807, 2.05) is 41.3 Å². The molecular formula is C30H39F3N4O5. The number of ether oxygens (including phenoxy) is 1. The Morgan fingerprint density at radius 2 is 1.64 bits per heavy atom. The summed E-state index contributed by atoms with van der Waals surface area (Å²) in [6.45, 7) is 5.01. The second kappa shape index (κ2) is 13.7. The van der Waals surface area contributed by atoms with Crippen LogP contribution in [-0.4, -0.2) is 71.8 Å².